The predicted octanol–water partition coefficient (Wildman–Crippen LogP) is 3.42. The lowest BCUT2D eigenvalue weighted by atomic mass is 10.1. The van der Waals surface area contributed by atoms with Crippen LogP contribution >= 0.6 is 0 Å². The normalized spacial score (nSPS) is 20.2. The number of benzene rings is 2. The summed E-state index contributed by atoms with van der Waals surface area (Å²) in [5.41, 5.74) is 3.61. The summed E-state index contributed by atoms with van der Waals surface area (Å²) in [7, 11) is 0. The summed E-state index contributed by atoms with van der Waals surface area (Å²) in [4.78, 5) is 41.2. The average Bonchev–Trinajstić information content (AvgIpc) is 3.40. The molecule has 1 N–H and O–H groups in total. The molecule has 3 aliphatic rings. The first-order chi connectivity index (χ1) is 14.9. The molecule has 0 unspecified atom stereocenters. The number of halogens is 1. The first kappa shape index (κ1) is 19.7. The molecule has 1 saturated carbocycles. The van der Waals surface area contributed by atoms with Crippen LogP contribution in [0.5, 0.6) is 0 Å². The minimum absolute atomic E-state index is 0.0860. The van der Waals surface area contributed by atoms with Crippen molar-refractivity contribution in [1.29, 1.82) is 0 Å². The fourth-order valence-corrected chi connectivity index (χ4v) is 4.42. The number of anilines is 3. The Balaban J connectivity index is 1.29. The molecule has 1 saturated heterocycles. The lowest BCUT2D eigenvalue weighted by molar-refractivity contribution is -0.122. The van der Waals surface area contributed by atoms with E-state index < -0.39 is 11.7 Å². The van der Waals surface area contributed by atoms with Crippen LogP contribution < -0.4 is 15.1 Å². The molecule has 2 fully saturated rings. The van der Waals surface area contributed by atoms with Gasteiger partial charge in [-0.2, -0.15) is 0 Å². The quantitative estimate of drug-likeness (QED) is 0.822. The summed E-state index contributed by atoms with van der Waals surface area (Å²) in [6.07, 6.45) is 2.80. The molecule has 2 aromatic rings. The van der Waals surface area contributed by atoms with Crippen LogP contribution in [0.4, 0.5) is 21.5 Å². The maximum Gasteiger partial charge on any atom is 0.230 e. The van der Waals surface area contributed by atoms with Gasteiger partial charge in [-0.25, -0.2) is 4.39 Å². The number of hydrogen-bond donors (Lipinski definition) is 1. The molecule has 7 heteroatoms. The van der Waals surface area contributed by atoms with E-state index in [1.54, 1.807) is 17.9 Å². The van der Waals surface area contributed by atoms with Crippen molar-refractivity contribution in [2.75, 3.05) is 28.2 Å². The van der Waals surface area contributed by atoms with E-state index in [-0.39, 0.29) is 42.3 Å². The van der Waals surface area contributed by atoms with E-state index in [1.165, 1.54) is 12.1 Å². The Labute approximate surface area is 180 Å². The Hall–Kier alpha value is -3.22. The van der Waals surface area contributed by atoms with Crippen molar-refractivity contribution in [3.63, 3.8) is 0 Å². The van der Waals surface area contributed by atoms with Crippen LogP contribution in [-0.2, 0) is 20.8 Å². The highest BCUT2D eigenvalue weighted by atomic mass is 19.1. The van der Waals surface area contributed by atoms with E-state index in [1.807, 2.05) is 23.1 Å². The third kappa shape index (κ3) is 3.69. The van der Waals surface area contributed by atoms with E-state index in [9.17, 15) is 18.8 Å². The molecule has 6 nitrogen and oxygen atoms in total. The minimum Gasteiger partial charge on any atom is -0.323 e. The van der Waals surface area contributed by atoms with Crippen molar-refractivity contribution in [3.05, 3.63) is 53.3 Å². The molecule has 1 atom stereocenters. The van der Waals surface area contributed by atoms with E-state index in [0.717, 1.165) is 41.8 Å². The van der Waals surface area contributed by atoms with Gasteiger partial charge in [-0.1, -0.05) is 6.07 Å². The molecule has 0 bridgehead atoms. The van der Waals surface area contributed by atoms with Crippen LogP contribution in [0.2, 0.25) is 0 Å². The molecular weight excluding hydrogens is 397 g/mol. The number of carbonyl (C=O) groups excluding carboxylic acids is 3. The van der Waals surface area contributed by atoms with Gasteiger partial charge in [-0.15, -0.1) is 0 Å². The summed E-state index contributed by atoms with van der Waals surface area (Å²) < 4.78 is 14.1. The number of fused-ring (bicyclic) bond motifs is 1. The van der Waals surface area contributed by atoms with Crippen molar-refractivity contribution < 1.29 is 18.8 Å². The van der Waals surface area contributed by atoms with Gasteiger partial charge in [0.05, 0.1) is 11.6 Å². The minimum atomic E-state index is -0.547. The van der Waals surface area contributed by atoms with Gasteiger partial charge in [-0.3, -0.25) is 14.4 Å². The SMILES string of the molecule is Cc1ccc(NC(=O)[C@H]2CC(=O)N(c3ccc4c(c3)CCN4C(=O)C3CC3)C2)c(F)c1. The molecule has 0 aromatic heterocycles. The van der Waals surface area contributed by atoms with Crippen molar-refractivity contribution in [1.82, 2.24) is 0 Å². The Morgan fingerprint density at radius 1 is 1.10 bits per heavy atom. The van der Waals surface area contributed by atoms with Crippen molar-refractivity contribution in [3.8, 4) is 0 Å². The van der Waals surface area contributed by atoms with Crippen molar-refractivity contribution >= 4 is 34.8 Å². The zero-order valence-corrected chi connectivity index (χ0v) is 17.4. The number of rotatable bonds is 4. The summed E-state index contributed by atoms with van der Waals surface area (Å²) >= 11 is 0. The molecule has 31 heavy (non-hydrogen) atoms. The highest BCUT2D eigenvalue weighted by molar-refractivity contribution is 6.04. The molecule has 2 heterocycles. The van der Waals surface area contributed by atoms with Crippen LogP contribution in [-0.4, -0.2) is 30.8 Å². The second-order valence-electron chi connectivity index (χ2n) is 8.71. The van der Waals surface area contributed by atoms with Gasteiger partial charge < -0.3 is 15.1 Å². The maximum atomic E-state index is 14.1. The monoisotopic (exact) mass is 421 g/mol. The number of amides is 3. The number of nitrogens with zero attached hydrogens (tertiary/aromatic N) is 2. The van der Waals surface area contributed by atoms with Crippen LogP contribution in [0, 0.1) is 24.6 Å². The highest BCUT2D eigenvalue weighted by Crippen LogP contribution is 2.38. The molecule has 0 spiro atoms. The fourth-order valence-electron chi connectivity index (χ4n) is 4.42. The van der Waals surface area contributed by atoms with E-state index in [4.69, 9.17) is 0 Å². The first-order valence-electron chi connectivity index (χ1n) is 10.7. The van der Waals surface area contributed by atoms with Crippen LogP contribution in [0.15, 0.2) is 36.4 Å². The molecule has 3 amide bonds. The summed E-state index contributed by atoms with van der Waals surface area (Å²) in [6.45, 7) is 2.71. The summed E-state index contributed by atoms with van der Waals surface area (Å²) in [5, 5.41) is 2.61. The number of aryl methyl sites for hydroxylation is 1. The van der Waals surface area contributed by atoms with Gasteiger partial charge in [0.15, 0.2) is 0 Å². The third-order valence-corrected chi connectivity index (χ3v) is 6.34. The summed E-state index contributed by atoms with van der Waals surface area (Å²) in [6, 6.07) is 10.3. The highest BCUT2D eigenvalue weighted by Gasteiger charge is 2.38. The number of nitrogens with one attached hydrogen (secondary N) is 1. The van der Waals surface area contributed by atoms with Crippen LogP contribution in [0.25, 0.3) is 0 Å². The van der Waals surface area contributed by atoms with Gasteiger partial charge >= 0.3 is 0 Å². The maximum absolute atomic E-state index is 14.1. The van der Waals surface area contributed by atoms with Gasteiger partial charge in [-0.05, 0) is 67.6 Å². The van der Waals surface area contributed by atoms with Crippen LogP contribution in [0.3, 0.4) is 0 Å². The smallest absolute Gasteiger partial charge is 0.230 e. The Kier molecular flexibility index (Phi) is 4.76. The van der Waals surface area contributed by atoms with Gasteiger partial charge in [0.2, 0.25) is 17.7 Å². The Morgan fingerprint density at radius 2 is 1.90 bits per heavy atom. The topological polar surface area (TPSA) is 69.7 Å². The standard InChI is InChI=1S/C24H24FN3O3/c1-14-2-6-20(19(25)10-14)26-23(30)17-12-22(29)28(13-17)18-5-7-21-16(11-18)8-9-27(21)24(31)15-3-4-15/h2,5-7,10-11,15,17H,3-4,8-9,12-13H2,1H3,(H,26,30)/t17-/m0/s1. The second-order valence-corrected chi connectivity index (χ2v) is 8.71. The lowest BCUT2D eigenvalue weighted by Crippen LogP contribution is -2.30. The number of hydrogen-bond acceptors (Lipinski definition) is 3. The number of carbonyl (C=O) groups is 3. The summed E-state index contributed by atoms with van der Waals surface area (Å²) in [5.74, 6) is -1.16. The molecule has 2 aromatic carbocycles. The third-order valence-electron chi connectivity index (χ3n) is 6.34. The van der Waals surface area contributed by atoms with Gasteiger partial charge in [0.25, 0.3) is 0 Å². The zero-order valence-electron chi connectivity index (χ0n) is 17.4. The van der Waals surface area contributed by atoms with Gasteiger partial charge in [0, 0.05) is 36.8 Å². The largest absolute Gasteiger partial charge is 0.323 e. The van der Waals surface area contributed by atoms with Crippen molar-refractivity contribution in [2.24, 2.45) is 11.8 Å². The lowest BCUT2D eigenvalue weighted by Gasteiger charge is -2.20. The van der Waals surface area contributed by atoms with Crippen LogP contribution in [0.1, 0.15) is 30.4 Å². The fraction of sp³-hybridized carbons (Fsp3) is 0.375. The molecular formula is C24H24FN3O3. The predicted molar refractivity (Wildman–Crippen MR) is 115 cm³/mol. The average molecular weight is 421 g/mol. The zero-order chi connectivity index (χ0) is 21.7. The molecule has 1 aliphatic carbocycles. The van der Waals surface area contributed by atoms with E-state index in [0.29, 0.717) is 6.54 Å². The molecule has 0 radical (unpaired) electrons. The Morgan fingerprint density at radius 3 is 2.65 bits per heavy atom. The van der Waals surface area contributed by atoms with E-state index >= 15 is 0 Å². The van der Waals surface area contributed by atoms with Crippen molar-refractivity contribution in [2.45, 2.75) is 32.6 Å². The molecule has 160 valence electrons. The second kappa shape index (κ2) is 7.48. The molecule has 2 aliphatic heterocycles. The molecule has 5 rings (SSSR count). The van der Waals surface area contributed by atoms with Gasteiger partial charge in [0.1, 0.15) is 5.82 Å². The first-order valence-corrected chi connectivity index (χ1v) is 10.7. The Bertz CT molecular complexity index is 1100. The van der Waals surface area contributed by atoms with E-state index in [2.05, 4.69) is 5.32 Å².